The SMILES string of the molecule is CCCCC1=[C]([Zr][C]2=C(CCCC)C=CC2)CC=C1.ClC(Cl)(c1ccccc1)c1ccccc1. The van der Waals surface area contributed by atoms with E-state index >= 15 is 0 Å². The molecule has 0 nitrogen and oxygen atoms in total. The second-order valence-electron chi connectivity index (χ2n) is 8.86. The summed E-state index contributed by atoms with van der Waals surface area (Å²) in [4.78, 5) is 0. The molecule has 0 heterocycles. The van der Waals surface area contributed by atoms with E-state index in [1.807, 2.05) is 67.2 Å². The Morgan fingerprint density at radius 1 is 0.676 bits per heavy atom. The van der Waals surface area contributed by atoms with E-state index < -0.39 is 27.6 Å². The van der Waals surface area contributed by atoms with Crippen LogP contribution in [0.15, 0.2) is 103 Å². The van der Waals surface area contributed by atoms with E-state index in [4.69, 9.17) is 23.2 Å². The molecule has 0 aromatic heterocycles. The van der Waals surface area contributed by atoms with Crippen LogP contribution in [0.25, 0.3) is 0 Å². The van der Waals surface area contributed by atoms with Crippen LogP contribution in [0, 0.1) is 0 Å². The largest absolute Gasteiger partial charge is 0.168 e. The molecular weight excluding hydrogens is 534 g/mol. The molecule has 0 amide bonds. The molecule has 0 saturated carbocycles. The molecule has 0 unspecified atom stereocenters. The quantitative estimate of drug-likeness (QED) is 0.249. The van der Waals surface area contributed by atoms with Gasteiger partial charge < -0.3 is 0 Å². The summed E-state index contributed by atoms with van der Waals surface area (Å²) in [5, 5.41) is 0. The smallest absolute Gasteiger partial charge is 0.0909 e. The molecule has 2 aromatic carbocycles. The number of hydrogen-bond acceptors (Lipinski definition) is 0. The summed E-state index contributed by atoms with van der Waals surface area (Å²) < 4.78 is 2.76. The number of unbranched alkanes of at least 4 members (excludes halogenated alkanes) is 2. The van der Waals surface area contributed by atoms with Gasteiger partial charge in [-0.15, -0.1) is 0 Å². The van der Waals surface area contributed by atoms with Gasteiger partial charge in [-0.2, -0.15) is 0 Å². The second kappa shape index (κ2) is 14.4. The number of halogens is 2. The van der Waals surface area contributed by atoms with E-state index in [0.717, 1.165) is 11.1 Å². The minimum absolute atomic E-state index is 0.463. The van der Waals surface area contributed by atoms with Gasteiger partial charge in [-0.1, -0.05) is 83.9 Å². The first kappa shape index (κ1) is 27.5. The minimum atomic E-state index is -0.970. The van der Waals surface area contributed by atoms with Gasteiger partial charge in [-0.25, -0.2) is 0 Å². The van der Waals surface area contributed by atoms with Gasteiger partial charge in [0.2, 0.25) is 0 Å². The Balaban J connectivity index is 0.000000196. The number of hydrogen-bond donors (Lipinski definition) is 0. The fraction of sp³-hybridized carbons (Fsp3) is 0.355. The standard InChI is InChI=1S/C13H10Cl2.2C9H13.Zr/c14-13(15,11-7-3-1-4-8-11)12-9-5-2-6-10-12;2*1-2-3-6-9-7-4-5-8-9;/h1-10H;2*4,7H,2-3,5-6H2,1H3;. The van der Waals surface area contributed by atoms with Crippen LogP contribution in [0.2, 0.25) is 0 Å². The molecule has 2 aromatic rings. The van der Waals surface area contributed by atoms with E-state index in [2.05, 4.69) is 38.2 Å². The predicted octanol–water partition coefficient (Wildman–Crippen LogP) is 10.2. The van der Waals surface area contributed by atoms with Crippen molar-refractivity contribution < 1.29 is 23.2 Å². The van der Waals surface area contributed by atoms with Gasteiger partial charge in [-0.05, 0) is 11.1 Å². The van der Waals surface area contributed by atoms with Gasteiger partial charge >= 0.3 is 130 Å². The topological polar surface area (TPSA) is 0 Å². The van der Waals surface area contributed by atoms with Crippen LogP contribution in [0.3, 0.4) is 0 Å². The van der Waals surface area contributed by atoms with Crippen LogP contribution in [-0.2, 0) is 27.6 Å². The van der Waals surface area contributed by atoms with Crippen molar-refractivity contribution in [2.75, 3.05) is 0 Å². The number of rotatable bonds is 10. The molecule has 0 spiro atoms. The van der Waals surface area contributed by atoms with Gasteiger partial charge in [0.25, 0.3) is 0 Å². The molecule has 2 aliphatic carbocycles. The maximum atomic E-state index is 6.35. The number of benzene rings is 2. The van der Waals surface area contributed by atoms with Crippen LogP contribution in [0.4, 0.5) is 0 Å². The van der Waals surface area contributed by atoms with Crippen molar-refractivity contribution in [3.63, 3.8) is 0 Å². The molecule has 2 aliphatic rings. The summed E-state index contributed by atoms with van der Waals surface area (Å²) in [6.45, 7) is 4.59. The molecule has 178 valence electrons. The maximum absolute atomic E-state index is 6.35. The average Bonchev–Trinajstić information content (AvgIpc) is 3.52. The van der Waals surface area contributed by atoms with Gasteiger partial charge in [0.1, 0.15) is 0 Å². The summed E-state index contributed by atoms with van der Waals surface area (Å²) >= 11 is 12.2. The summed E-state index contributed by atoms with van der Waals surface area (Å²) in [6.07, 6.45) is 20.2. The normalized spacial score (nSPS) is 15.1. The van der Waals surface area contributed by atoms with E-state index in [1.54, 1.807) is 11.1 Å². The molecule has 0 atom stereocenters. The molecule has 34 heavy (non-hydrogen) atoms. The van der Waals surface area contributed by atoms with Gasteiger partial charge in [0, 0.05) is 0 Å². The first-order valence-corrected chi connectivity index (χ1v) is 15.8. The Morgan fingerprint density at radius 2 is 1.09 bits per heavy atom. The van der Waals surface area contributed by atoms with Crippen LogP contribution >= 0.6 is 23.2 Å². The molecule has 4 rings (SSSR count). The van der Waals surface area contributed by atoms with Crippen molar-refractivity contribution in [1.29, 1.82) is 0 Å². The molecule has 0 N–H and O–H groups in total. The predicted molar refractivity (Wildman–Crippen MR) is 146 cm³/mol. The van der Waals surface area contributed by atoms with E-state index in [-0.39, 0.29) is 0 Å². The van der Waals surface area contributed by atoms with Crippen molar-refractivity contribution in [2.24, 2.45) is 0 Å². The Bertz CT molecular complexity index is 932. The van der Waals surface area contributed by atoms with Crippen LogP contribution < -0.4 is 0 Å². The Kier molecular flexibility index (Phi) is 11.6. The van der Waals surface area contributed by atoms with E-state index in [0.29, 0.717) is 0 Å². The van der Waals surface area contributed by atoms with Crippen molar-refractivity contribution in [3.05, 3.63) is 114 Å². The van der Waals surface area contributed by atoms with Crippen LogP contribution in [0.1, 0.15) is 76.3 Å². The Morgan fingerprint density at radius 3 is 1.47 bits per heavy atom. The van der Waals surface area contributed by atoms with Crippen molar-refractivity contribution in [3.8, 4) is 0 Å². The summed E-state index contributed by atoms with van der Waals surface area (Å²) in [6, 6.07) is 19.3. The third-order valence-corrected chi connectivity index (χ3v) is 11.2. The van der Waals surface area contributed by atoms with Crippen molar-refractivity contribution in [1.82, 2.24) is 0 Å². The zero-order chi connectivity index (χ0) is 24.2. The monoisotopic (exact) mass is 568 g/mol. The number of alkyl halides is 2. The van der Waals surface area contributed by atoms with E-state index in [1.165, 1.54) is 51.4 Å². The molecular formula is C31H36Cl2Zr. The molecule has 0 fully saturated rings. The first-order valence-electron chi connectivity index (χ1n) is 12.6. The molecule has 0 aliphatic heterocycles. The minimum Gasteiger partial charge on any atom is -0.0909 e. The summed E-state index contributed by atoms with van der Waals surface area (Å²) in [7, 11) is 0. The Labute approximate surface area is 228 Å². The zero-order valence-electron chi connectivity index (χ0n) is 20.5. The molecule has 0 radical (unpaired) electrons. The third kappa shape index (κ3) is 7.94. The Hall–Kier alpha value is -1.14. The van der Waals surface area contributed by atoms with Gasteiger partial charge in [0.15, 0.2) is 4.33 Å². The van der Waals surface area contributed by atoms with Crippen LogP contribution in [-0.4, -0.2) is 0 Å². The first-order chi connectivity index (χ1) is 16.6. The van der Waals surface area contributed by atoms with Crippen molar-refractivity contribution in [2.45, 2.75) is 69.5 Å². The molecule has 3 heteroatoms. The summed E-state index contributed by atoms with van der Waals surface area (Å²) in [5.74, 6) is 0. The van der Waals surface area contributed by atoms with Gasteiger partial charge in [-0.3, -0.25) is 0 Å². The second-order valence-corrected chi connectivity index (χ2v) is 13.8. The average molecular weight is 571 g/mol. The fourth-order valence-electron chi connectivity index (χ4n) is 4.21. The van der Waals surface area contributed by atoms with E-state index in [9.17, 15) is 0 Å². The summed E-state index contributed by atoms with van der Waals surface area (Å²) in [5.41, 5.74) is 5.20. The number of allylic oxidation sites excluding steroid dienone is 8. The zero-order valence-corrected chi connectivity index (χ0v) is 24.5. The van der Waals surface area contributed by atoms with Gasteiger partial charge in [0.05, 0.1) is 0 Å². The fourth-order valence-corrected chi connectivity index (χ4v) is 8.50. The van der Waals surface area contributed by atoms with Crippen molar-refractivity contribution >= 4 is 23.2 Å². The third-order valence-electron chi connectivity index (χ3n) is 6.23. The van der Waals surface area contributed by atoms with Crippen LogP contribution in [0.5, 0.6) is 0 Å². The maximum Gasteiger partial charge on any atom is 0.168 e. The molecule has 0 bridgehead atoms. The molecule has 0 saturated heterocycles.